The Hall–Kier alpha value is -0.840. The van der Waals surface area contributed by atoms with Crippen molar-refractivity contribution < 1.29 is 9.18 Å². The number of hydrogen-bond donors (Lipinski definition) is 1. The van der Waals surface area contributed by atoms with E-state index in [1.54, 1.807) is 11.0 Å². The fourth-order valence-electron chi connectivity index (χ4n) is 1.94. The van der Waals surface area contributed by atoms with Gasteiger partial charge < -0.3 is 10.2 Å². The average Bonchev–Trinajstić information content (AvgIpc) is 2.32. The Kier molecular flexibility index (Phi) is 5.38. The van der Waals surface area contributed by atoms with E-state index in [1.165, 1.54) is 12.1 Å². The van der Waals surface area contributed by atoms with E-state index >= 15 is 0 Å². The van der Waals surface area contributed by atoms with Crippen molar-refractivity contribution in [2.24, 2.45) is 0 Å². The van der Waals surface area contributed by atoms with Gasteiger partial charge in [-0.3, -0.25) is 4.79 Å². The first-order valence-electron chi connectivity index (χ1n) is 5.56. The molecule has 3 nitrogen and oxygen atoms in total. The zero-order valence-electron chi connectivity index (χ0n) is 9.95. The van der Waals surface area contributed by atoms with Gasteiger partial charge in [-0.25, -0.2) is 4.39 Å². The number of benzene rings is 1. The molecule has 1 amide bonds. The summed E-state index contributed by atoms with van der Waals surface area (Å²) in [4.78, 5) is 13.9. The minimum Gasteiger partial charge on any atom is -0.333 e. The monoisotopic (exact) mass is 292 g/mol. The van der Waals surface area contributed by atoms with Crippen LogP contribution in [0.2, 0.25) is 5.02 Å². The molecular formula is C12H15Cl2FN2O. The van der Waals surface area contributed by atoms with Gasteiger partial charge in [0.15, 0.2) is 0 Å². The summed E-state index contributed by atoms with van der Waals surface area (Å²) < 4.78 is 13.3. The molecule has 1 fully saturated rings. The first kappa shape index (κ1) is 15.2. The Morgan fingerprint density at radius 1 is 1.56 bits per heavy atom. The molecule has 2 rings (SSSR count). The van der Waals surface area contributed by atoms with Crippen LogP contribution in [0.15, 0.2) is 18.2 Å². The molecule has 0 bridgehead atoms. The molecule has 1 N–H and O–H groups in total. The van der Waals surface area contributed by atoms with Crippen LogP contribution in [0.3, 0.4) is 0 Å². The Bertz CT molecular complexity index is 442. The normalized spacial score (nSPS) is 19.3. The molecule has 1 aromatic rings. The molecule has 1 heterocycles. The van der Waals surface area contributed by atoms with E-state index in [9.17, 15) is 9.18 Å². The lowest BCUT2D eigenvalue weighted by atomic mass is 10.1. The minimum absolute atomic E-state index is 0. The van der Waals surface area contributed by atoms with Gasteiger partial charge in [0.2, 0.25) is 0 Å². The second-order valence-electron chi connectivity index (χ2n) is 4.18. The summed E-state index contributed by atoms with van der Waals surface area (Å²) in [6.07, 6.45) is 0. The first-order chi connectivity index (χ1) is 8.09. The van der Waals surface area contributed by atoms with Gasteiger partial charge in [-0.15, -0.1) is 12.4 Å². The van der Waals surface area contributed by atoms with E-state index in [2.05, 4.69) is 5.32 Å². The van der Waals surface area contributed by atoms with Crippen LogP contribution in [0.25, 0.3) is 0 Å². The zero-order chi connectivity index (χ0) is 12.4. The van der Waals surface area contributed by atoms with Crippen molar-refractivity contribution in [2.75, 3.05) is 19.6 Å². The molecule has 1 aromatic carbocycles. The third-order valence-electron chi connectivity index (χ3n) is 2.93. The molecule has 1 aliphatic heterocycles. The Balaban J connectivity index is 0.00000162. The predicted octanol–water partition coefficient (Wildman–Crippen LogP) is 2.33. The van der Waals surface area contributed by atoms with Gasteiger partial charge in [-0.05, 0) is 25.1 Å². The molecule has 100 valence electrons. The molecule has 6 heteroatoms. The number of nitrogens with one attached hydrogen (secondary N) is 1. The van der Waals surface area contributed by atoms with E-state index < -0.39 is 5.82 Å². The smallest absolute Gasteiger partial charge is 0.254 e. The van der Waals surface area contributed by atoms with Gasteiger partial charge in [0, 0.05) is 31.2 Å². The van der Waals surface area contributed by atoms with E-state index in [0.29, 0.717) is 12.1 Å². The lowest BCUT2D eigenvalue weighted by Crippen LogP contribution is -2.52. The fourth-order valence-corrected chi connectivity index (χ4v) is 2.06. The maximum atomic E-state index is 13.3. The van der Waals surface area contributed by atoms with Crippen molar-refractivity contribution in [2.45, 2.75) is 13.0 Å². The minimum atomic E-state index is -0.555. The molecule has 1 saturated heterocycles. The van der Waals surface area contributed by atoms with Crippen molar-refractivity contribution in [3.63, 3.8) is 0 Å². The highest BCUT2D eigenvalue weighted by molar-refractivity contribution is 6.30. The van der Waals surface area contributed by atoms with Gasteiger partial charge in [0.1, 0.15) is 5.82 Å². The lowest BCUT2D eigenvalue weighted by molar-refractivity contribution is 0.0655. The van der Waals surface area contributed by atoms with Crippen molar-refractivity contribution in [3.05, 3.63) is 34.6 Å². The number of nitrogens with zero attached hydrogens (tertiary/aromatic N) is 1. The molecule has 18 heavy (non-hydrogen) atoms. The van der Waals surface area contributed by atoms with Crippen molar-refractivity contribution in [1.82, 2.24) is 10.2 Å². The maximum Gasteiger partial charge on any atom is 0.254 e. The van der Waals surface area contributed by atoms with Gasteiger partial charge >= 0.3 is 0 Å². The molecule has 1 aliphatic rings. The number of halogens is 3. The van der Waals surface area contributed by atoms with Crippen molar-refractivity contribution >= 4 is 29.9 Å². The summed E-state index contributed by atoms with van der Waals surface area (Å²) in [5.41, 5.74) is 0.348. The summed E-state index contributed by atoms with van der Waals surface area (Å²) in [6.45, 7) is 4.15. The third kappa shape index (κ3) is 3.13. The second kappa shape index (κ2) is 6.36. The fraction of sp³-hybridized carbons (Fsp3) is 0.417. The van der Waals surface area contributed by atoms with Crippen LogP contribution in [0.5, 0.6) is 0 Å². The van der Waals surface area contributed by atoms with Crippen LogP contribution < -0.4 is 5.32 Å². The van der Waals surface area contributed by atoms with E-state index in [4.69, 9.17) is 11.6 Å². The number of rotatable bonds is 1. The number of hydrogen-bond acceptors (Lipinski definition) is 2. The van der Waals surface area contributed by atoms with Crippen molar-refractivity contribution in [3.8, 4) is 0 Å². The van der Waals surface area contributed by atoms with Crippen LogP contribution in [0, 0.1) is 5.82 Å². The Morgan fingerprint density at radius 2 is 2.28 bits per heavy atom. The zero-order valence-corrected chi connectivity index (χ0v) is 11.5. The standard InChI is InChI=1S/C12H14ClFN2O.ClH/c1-8-7-15-4-5-16(8)12(17)9-2-3-10(13)11(14)6-9;/h2-3,6,8,15H,4-5,7H2,1H3;1H. The van der Waals surface area contributed by atoms with E-state index in [1.807, 2.05) is 6.92 Å². The molecule has 1 unspecified atom stereocenters. The molecule has 0 aromatic heterocycles. The maximum absolute atomic E-state index is 13.3. The van der Waals surface area contributed by atoms with Crippen LogP contribution in [0.1, 0.15) is 17.3 Å². The molecule has 0 saturated carbocycles. The lowest BCUT2D eigenvalue weighted by Gasteiger charge is -2.34. The predicted molar refractivity (Wildman–Crippen MR) is 72.0 cm³/mol. The third-order valence-corrected chi connectivity index (χ3v) is 3.24. The first-order valence-corrected chi connectivity index (χ1v) is 5.94. The Morgan fingerprint density at radius 3 is 2.89 bits per heavy atom. The van der Waals surface area contributed by atoms with Gasteiger partial charge in [0.25, 0.3) is 5.91 Å². The second-order valence-corrected chi connectivity index (χ2v) is 4.59. The van der Waals surface area contributed by atoms with Gasteiger partial charge in [-0.2, -0.15) is 0 Å². The highest BCUT2D eigenvalue weighted by Gasteiger charge is 2.24. The molecule has 0 aliphatic carbocycles. The summed E-state index contributed by atoms with van der Waals surface area (Å²) in [7, 11) is 0. The largest absolute Gasteiger partial charge is 0.333 e. The highest BCUT2D eigenvalue weighted by Crippen LogP contribution is 2.18. The van der Waals surface area contributed by atoms with E-state index in [-0.39, 0.29) is 29.4 Å². The molecule has 0 radical (unpaired) electrons. The van der Waals surface area contributed by atoms with Crippen LogP contribution in [-0.4, -0.2) is 36.5 Å². The van der Waals surface area contributed by atoms with E-state index in [0.717, 1.165) is 13.1 Å². The summed E-state index contributed by atoms with van der Waals surface area (Å²) >= 11 is 5.59. The van der Waals surface area contributed by atoms with Crippen molar-refractivity contribution in [1.29, 1.82) is 0 Å². The van der Waals surface area contributed by atoms with Gasteiger partial charge in [0.05, 0.1) is 5.02 Å². The number of piperazine rings is 1. The molecule has 0 spiro atoms. The topological polar surface area (TPSA) is 32.3 Å². The van der Waals surface area contributed by atoms with Crippen LogP contribution in [-0.2, 0) is 0 Å². The molecule has 1 atom stereocenters. The van der Waals surface area contributed by atoms with Gasteiger partial charge in [-0.1, -0.05) is 11.6 Å². The summed E-state index contributed by atoms with van der Waals surface area (Å²) in [5, 5.41) is 3.24. The molecular weight excluding hydrogens is 278 g/mol. The number of amides is 1. The average molecular weight is 293 g/mol. The quantitative estimate of drug-likeness (QED) is 0.862. The SMILES string of the molecule is CC1CNCCN1C(=O)c1ccc(Cl)c(F)c1.Cl. The number of carbonyl (C=O) groups excluding carboxylic acids is 1. The number of carbonyl (C=O) groups is 1. The summed E-state index contributed by atoms with van der Waals surface area (Å²) in [5.74, 6) is -0.699. The summed E-state index contributed by atoms with van der Waals surface area (Å²) in [6, 6.07) is 4.29. The van der Waals surface area contributed by atoms with Crippen LogP contribution in [0.4, 0.5) is 4.39 Å². The Labute approximate surface area is 117 Å². The highest BCUT2D eigenvalue weighted by atomic mass is 35.5. The van der Waals surface area contributed by atoms with Crippen LogP contribution >= 0.6 is 24.0 Å².